The standard InChI is InChI=1S/C27H31N3O4/c1-3-27(2,26(31)32)33-18-20-17-25(19-8-6-9-22(16-19)34-21-12-13-21)30(28-20)24-11-5-4-10-23(24)29-14-7-15-29/h4-6,8-11,16-17,21H,3,7,12-15,18H2,1-2H3,(H,31,32). The Labute approximate surface area is 199 Å². The number of hydrogen-bond donors (Lipinski definition) is 1. The van der Waals surface area contributed by atoms with Gasteiger partial charge in [-0.15, -0.1) is 0 Å². The van der Waals surface area contributed by atoms with Crippen LogP contribution in [0.15, 0.2) is 54.6 Å². The van der Waals surface area contributed by atoms with Crippen molar-refractivity contribution in [3.8, 4) is 22.7 Å². The average Bonchev–Trinajstić information content (AvgIpc) is 3.52. The van der Waals surface area contributed by atoms with Gasteiger partial charge in [0.05, 0.1) is 35.5 Å². The molecule has 2 fully saturated rings. The van der Waals surface area contributed by atoms with Crippen LogP contribution in [0, 0.1) is 0 Å². The summed E-state index contributed by atoms with van der Waals surface area (Å²) in [6.45, 7) is 5.59. The van der Waals surface area contributed by atoms with Crippen LogP contribution in [0.2, 0.25) is 0 Å². The molecule has 1 aromatic heterocycles. The Morgan fingerprint density at radius 2 is 1.88 bits per heavy atom. The van der Waals surface area contributed by atoms with E-state index in [1.807, 2.05) is 41.9 Å². The number of para-hydroxylation sites is 2. The third kappa shape index (κ3) is 4.53. The van der Waals surface area contributed by atoms with Gasteiger partial charge in [0, 0.05) is 18.7 Å². The first-order valence-electron chi connectivity index (χ1n) is 12.0. The van der Waals surface area contributed by atoms with Gasteiger partial charge in [0.2, 0.25) is 0 Å². The van der Waals surface area contributed by atoms with E-state index in [1.165, 1.54) is 6.42 Å². The predicted molar refractivity (Wildman–Crippen MR) is 131 cm³/mol. The minimum Gasteiger partial charge on any atom is -0.490 e. The summed E-state index contributed by atoms with van der Waals surface area (Å²) in [7, 11) is 0. The zero-order valence-corrected chi connectivity index (χ0v) is 19.7. The van der Waals surface area contributed by atoms with E-state index in [1.54, 1.807) is 6.92 Å². The summed E-state index contributed by atoms with van der Waals surface area (Å²) >= 11 is 0. The van der Waals surface area contributed by atoms with E-state index in [2.05, 4.69) is 29.2 Å². The maximum atomic E-state index is 11.7. The number of hydrogen-bond acceptors (Lipinski definition) is 5. The largest absolute Gasteiger partial charge is 0.490 e. The molecule has 0 bridgehead atoms. The van der Waals surface area contributed by atoms with Crippen LogP contribution >= 0.6 is 0 Å². The second kappa shape index (κ2) is 9.14. The molecule has 1 aliphatic carbocycles. The molecule has 7 nitrogen and oxygen atoms in total. The number of ether oxygens (including phenoxy) is 2. The minimum atomic E-state index is -1.25. The lowest BCUT2D eigenvalue weighted by Crippen LogP contribution is -2.37. The number of rotatable bonds is 10. The number of nitrogens with zero attached hydrogens (tertiary/aromatic N) is 3. The number of anilines is 1. The van der Waals surface area contributed by atoms with Gasteiger partial charge in [-0.25, -0.2) is 9.48 Å². The Morgan fingerprint density at radius 1 is 1.12 bits per heavy atom. The first-order chi connectivity index (χ1) is 16.5. The molecule has 2 aromatic carbocycles. The SMILES string of the molecule is CCC(C)(OCc1cc(-c2cccc(OC3CC3)c2)n(-c2ccccc2N2CCC2)n1)C(=O)O. The predicted octanol–water partition coefficient (Wildman–Crippen LogP) is 5.06. The Morgan fingerprint density at radius 3 is 2.53 bits per heavy atom. The van der Waals surface area contributed by atoms with Crippen molar-refractivity contribution < 1.29 is 19.4 Å². The van der Waals surface area contributed by atoms with E-state index in [4.69, 9.17) is 14.6 Å². The zero-order chi connectivity index (χ0) is 23.7. The first-order valence-corrected chi connectivity index (χ1v) is 12.0. The lowest BCUT2D eigenvalue weighted by Gasteiger charge is -2.34. The molecule has 1 saturated heterocycles. The molecule has 1 N–H and O–H groups in total. The summed E-state index contributed by atoms with van der Waals surface area (Å²) in [5, 5.41) is 14.5. The molecular formula is C27H31N3O4. The van der Waals surface area contributed by atoms with Gasteiger partial charge in [-0.3, -0.25) is 0 Å². The van der Waals surface area contributed by atoms with Gasteiger partial charge in [0.1, 0.15) is 5.75 Å². The molecule has 0 amide bonds. The van der Waals surface area contributed by atoms with Gasteiger partial charge in [-0.05, 0) is 62.9 Å². The summed E-state index contributed by atoms with van der Waals surface area (Å²) in [5.41, 5.74) is 3.47. The van der Waals surface area contributed by atoms with Gasteiger partial charge in [0.15, 0.2) is 5.60 Å². The second-order valence-corrected chi connectivity index (χ2v) is 9.29. The first kappa shape index (κ1) is 22.5. The number of aliphatic carboxylic acids is 1. The maximum absolute atomic E-state index is 11.7. The normalized spacial score (nSPS) is 17.2. The fraction of sp³-hybridized carbons (Fsp3) is 0.407. The number of benzene rings is 2. The number of aromatic nitrogens is 2. The Bertz CT molecular complexity index is 1180. The molecular weight excluding hydrogens is 430 g/mol. The molecule has 5 rings (SSSR count). The van der Waals surface area contributed by atoms with Crippen LogP contribution < -0.4 is 9.64 Å². The van der Waals surface area contributed by atoms with Crippen LogP contribution in [0.5, 0.6) is 5.75 Å². The van der Waals surface area contributed by atoms with E-state index in [0.29, 0.717) is 18.2 Å². The van der Waals surface area contributed by atoms with E-state index in [9.17, 15) is 9.90 Å². The van der Waals surface area contributed by atoms with Gasteiger partial charge >= 0.3 is 5.97 Å². The monoisotopic (exact) mass is 461 g/mol. The summed E-state index contributed by atoms with van der Waals surface area (Å²) < 4.78 is 13.8. The van der Waals surface area contributed by atoms with Crippen LogP contribution in [0.4, 0.5) is 5.69 Å². The highest BCUT2D eigenvalue weighted by Crippen LogP contribution is 2.34. The zero-order valence-electron chi connectivity index (χ0n) is 19.7. The minimum absolute atomic E-state index is 0.112. The summed E-state index contributed by atoms with van der Waals surface area (Å²) in [4.78, 5) is 14.1. The van der Waals surface area contributed by atoms with Crippen molar-refractivity contribution in [2.75, 3.05) is 18.0 Å². The van der Waals surface area contributed by atoms with Crippen LogP contribution in [-0.4, -0.2) is 45.7 Å². The van der Waals surface area contributed by atoms with Crippen LogP contribution in [0.1, 0.15) is 45.2 Å². The van der Waals surface area contributed by atoms with Crippen molar-refractivity contribution in [1.29, 1.82) is 0 Å². The lowest BCUT2D eigenvalue weighted by atomic mass is 10.0. The van der Waals surface area contributed by atoms with Crippen molar-refractivity contribution >= 4 is 11.7 Å². The average molecular weight is 462 g/mol. The number of carboxylic acid groups (broad SMARTS) is 1. The highest BCUT2D eigenvalue weighted by molar-refractivity contribution is 5.76. The third-order valence-electron chi connectivity index (χ3n) is 6.69. The smallest absolute Gasteiger partial charge is 0.335 e. The molecule has 7 heteroatoms. The maximum Gasteiger partial charge on any atom is 0.335 e. The Balaban J connectivity index is 1.54. The molecule has 1 unspecified atom stereocenters. The van der Waals surface area contributed by atoms with Crippen molar-refractivity contribution in [2.24, 2.45) is 0 Å². The highest BCUT2D eigenvalue weighted by atomic mass is 16.5. The van der Waals surface area contributed by atoms with Gasteiger partial charge < -0.3 is 19.5 Å². The molecule has 1 atom stereocenters. The molecule has 2 aliphatic rings. The van der Waals surface area contributed by atoms with E-state index < -0.39 is 11.6 Å². The Kier molecular flexibility index (Phi) is 6.04. The summed E-state index contributed by atoms with van der Waals surface area (Å²) in [5.74, 6) is -0.117. The van der Waals surface area contributed by atoms with Gasteiger partial charge in [0.25, 0.3) is 0 Å². The fourth-order valence-electron chi connectivity index (χ4n) is 4.01. The van der Waals surface area contributed by atoms with Crippen molar-refractivity contribution in [3.05, 3.63) is 60.3 Å². The molecule has 0 spiro atoms. The molecule has 1 saturated carbocycles. The van der Waals surface area contributed by atoms with Gasteiger partial charge in [-0.2, -0.15) is 5.10 Å². The van der Waals surface area contributed by atoms with E-state index in [-0.39, 0.29) is 6.61 Å². The third-order valence-corrected chi connectivity index (χ3v) is 6.69. The van der Waals surface area contributed by atoms with Crippen LogP contribution in [-0.2, 0) is 16.1 Å². The number of carboxylic acids is 1. The molecule has 2 heterocycles. The fourth-order valence-corrected chi connectivity index (χ4v) is 4.01. The molecule has 34 heavy (non-hydrogen) atoms. The van der Waals surface area contributed by atoms with Gasteiger partial charge in [-0.1, -0.05) is 31.2 Å². The van der Waals surface area contributed by atoms with E-state index >= 15 is 0 Å². The number of carbonyl (C=O) groups is 1. The molecule has 1 aliphatic heterocycles. The Hall–Kier alpha value is -3.32. The van der Waals surface area contributed by atoms with Crippen molar-refractivity contribution in [1.82, 2.24) is 9.78 Å². The van der Waals surface area contributed by atoms with Crippen LogP contribution in [0.25, 0.3) is 16.9 Å². The second-order valence-electron chi connectivity index (χ2n) is 9.29. The molecule has 0 radical (unpaired) electrons. The highest BCUT2D eigenvalue weighted by Gasteiger charge is 2.32. The van der Waals surface area contributed by atoms with E-state index in [0.717, 1.165) is 54.3 Å². The van der Waals surface area contributed by atoms with Crippen molar-refractivity contribution in [2.45, 2.75) is 57.8 Å². The summed E-state index contributed by atoms with van der Waals surface area (Å²) in [6, 6.07) is 18.4. The van der Waals surface area contributed by atoms with Crippen LogP contribution in [0.3, 0.4) is 0 Å². The molecule has 178 valence electrons. The molecule has 3 aromatic rings. The quantitative estimate of drug-likeness (QED) is 0.455. The topological polar surface area (TPSA) is 76.8 Å². The summed E-state index contributed by atoms with van der Waals surface area (Å²) in [6.07, 6.45) is 4.08. The van der Waals surface area contributed by atoms with Crippen molar-refractivity contribution in [3.63, 3.8) is 0 Å². The lowest BCUT2D eigenvalue weighted by molar-refractivity contribution is -0.165.